The van der Waals surface area contributed by atoms with Crippen LogP contribution in [0.5, 0.6) is 0 Å². The second-order valence-electron chi connectivity index (χ2n) is 4.35. The Hall–Kier alpha value is -1.38. The predicted octanol–water partition coefficient (Wildman–Crippen LogP) is 2.38. The first-order valence-electron chi connectivity index (χ1n) is 5.71. The van der Waals surface area contributed by atoms with E-state index in [0.717, 1.165) is 19.4 Å². The number of rotatable bonds is 2. The molecule has 1 atom stereocenters. The van der Waals surface area contributed by atoms with Crippen molar-refractivity contribution in [3.05, 3.63) is 35.6 Å². The van der Waals surface area contributed by atoms with E-state index in [9.17, 15) is 9.18 Å². The average Bonchev–Trinajstić information content (AvgIpc) is 2.68. The molecule has 0 aliphatic carbocycles. The number of amides is 1. The first kappa shape index (κ1) is 11.1. The fourth-order valence-electron chi connectivity index (χ4n) is 2.21. The molecule has 3 heteroatoms. The van der Waals surface area contributed by atoms with Crippen LogP contribution in [0.3, 0.4) is 0 Å². The van der Waals surface area contributed by atoms with Gasteiger partial charge in [-0.05, 0) is 31.4 Å². The van der Waals surface area contributed by atoms with Crippen LogP contribution in [0.2, 0.25) is 0 Å². The highest BCUT2D eigenvalue weighted by molar-refractivity contribution is 5.79. The van der Waals surface area contributed by atoms with Crippen molar-refractivity contribution in [2.24, 2.45) is 0 Å². The third-order valence-corrected chi connectivity index (χ3v) is 3.17. The third-order valence-electron chi connectivity index (χ3n) is 3.17. The van der Waals surface area contributed by atoms with Gasteiger partial charge in [0.25, 0.3) is 0 Å². The zero-order valence-electron chi connectivity index (χ0n) is 9.45. The Kier molecular flexibility index (Phi) is 3.22. The minimum Gasteiger partial charge on any atom is -0.340 e. The lowest BCUT2D eigenvalue weighted by Gasteiger charge is -2.21. The Labute approximate surface area is 95.1 Å². The minimum absolute atomic E-state index is 0.0371. The molecule has 0 radical (unpaired) electrons. The summed E-state index contributed by atoms with van der Waals surface area (Å²) in [5.41, 5.74) is 0.492. The summed E-state index contributed by atoms with van der Waals surface area (Å²) in [6, 6.07) is 6.78. The minimum atomic E-state index is -0.289. The topological polar surface area (TPSA) is 20.3 Å². The van der Waals surface area contributed by atoms with Gasteiger partial charge in [-0.3, -0.25) is 4.79 Å². The van der Waals surface area contributed by atoms with Gasteiger partial charge in [0.15, 0.2) is 0 Å². The number of carbonyl (C=O) groups excluding carboxylic acids is 1. The summed E-state index contributed by atoms with van der Waals surface area (Å²) >= 11 is 0. The zero-order chi connectivity index (χ0) is 11.5. The molecular weight excluding hydrogens is 205 g/mol. The molecule has 1 fully saturated rings. The van der Waals surface area contributed by atoms with Crippen molar-refractivity contribution in [1.29, 1.82) is 0 Å². The van der Waals surface area contributed by atoms with E-state index in [-0.39, 0.29) is 18.1 Å². The van der Waals surface area contributed by atoms with E-state index >= 15 is 0 Å². The van der Waals surface area contributed by atoms with E-state index < -0.39 is 0 Å². The van der Waals surface area contributed by atoms with Crippen molar-refractivity contribution < 1.29 is 9.18 Å². The molecule has 1 aliphatic heterocycles. The van der Waals surface area contributed by atoms with Crippen LogP contribution in [0.1, 0.15) is 25.3 Å². The maximum absolute atomic E-state index is 13.4. The molecule has 2 nitrogen and oxygen atoms in total. The lowest BCUT2D eigenvalue weighted by atomic mass is 10.1. The molecule has 86 valence electrons. The van der Waals surface area contributed by atoms with Crippen LogP contribution in [0.15, 0.2) is 24.3 Å². The number of hydrogen-bond donors (Lipinski definition) is 0. The highest BCUT2D eigenvalue weighted by Crippen LogP contribution is 2.18. The second-order valence-corrected chi connectivity index (χ2v) is 4.35. The summed E-state index contributed by atoms with van der Waals surface area (Å²) in [7, 11) is 0. The van der Waals surface area contributed by atoms with Gasteiger partial charge in [-0.2, -0.15) is 0 Å². The number of halogens is 1. The van der Waals surface area contributed by atoms with Gasteiger partial charge in [0.2, 0.25) is 5.91 Å². The van der Waals surface area contributed by atoms with Crippen LogP contribution in [0.4, 0.5) is 4.39 Å². The Bertz CT molecular complexity index is 391. The van der Waals surface area contributed by atoms with Crippen LogP contribution in [-0.2, 0) is 11.2 Å². The molecule has 0 N–H and O–H groups in total. The maximum Gasteiger partial charge on any atom is 0.227 e. The van der Waals surface area contributed by atoms with Gasteiger partial charge >= 0.3 is 0 Å². The van der Waals surface area contributed by atoms with Crippen molar-refractivity contribution >= 4 is 5.91 Å². The van der Waals surface area contributed by atoms with Crippen molar-refractivity contribution in [2.75, 3.05) is 6.54 Å². The lowest BCUT2D eigenvalue weighted by molar-refractivity contribution is -0.131. The Morgan fingerprint density at radius 2 is 2.25 bits per heavy atom. The Morgan fingerprint density at radius 3 is 2.88 bits per heavy atom. The third kappa shape index (κ3) is 2.23. The molecule has 16 heavy (non-hydrogen) atoms. The molecule has 1 aromatic rings. The molecule has 1 saturated heterocycles. The van der Waals surface area contributed by atoms with Gasteiger partial charge in [-0.1, -0.05) is 18.2 Å². The number of carbonyl (C=O) groups is 1. The Balaban J connectivity index is 2.05. The molecule has 1 amide bonds. The van der Waals surface area contributed by atoms with Gasteiger partial charge < -0.3 is 4.90 Å². The van der Waals surface area contributed by atoms with Crippen molar-refractivity contribution in [1.82, 2.24) is 4.90 Å². The molecule has 2 rings (SSSR count). The van der Waals surface area contributed by atoms with E-state index in [1.54, 1.807) is 18.2 Å². The van der Waals surface area contributed by atoms with Crippen molar-refractivity contribution in [2.45, 2.75) is 32.2 Å². The van der Waals surface area contributed by atoms with Crippen LogP contribution >= 0.6 is 0 Å². The number of nitrogens with zero attached hydrogens (tertiary/aromatic N) is 1. The molecule has 0 saturated carbocycles. The average molecular weight is 221 g/mol. The summed E-state index contributed by atoms with van der Waals surface area (Å²) in [6.07, 6.45) is 2.30. The molecule has 1 unspecified atom stereocenters. The summed E-state index contributed by atoms with van der Waals surface area (Å²) in [6.45, 7) is 2.86. The number of likely N-dealkylation sites (tertiary alicyclic amines) is 1. The van der Waals surface area contributed by atoms with Gasteiger partial charge in [0.1, 0.15) is 5.82 Å². The largest absolute Gasteiger partial charge is 0.340 e. The highest BCUT2D eigenvalue weighted by atomic mass is 19.1. The van der Waals surface area contributed by atoms with Gasteiger partial charge in [0, 0.05) is 12.6 Å². The molecular formula is C13H16FNO. The van der Waals surface area contributed by atoms with E-state index in [1.165, 1.54) is 6.07 Å². The van der Waals surface area contributed by atoms with Crippen molar-refractivity contribution in [3.63, 3.8) is 0 Å². The first-order valence-corrected chi connectivity index (χ1v) is 5.71. The van der Waals surface area contributed by atoms with E-state index in [1.807, 2.05) is 11.8 Å². The molecule has 1 heterocycles. The fraction of sp³-hybridized carbons (Fsp3) is 0.462. The molecule has 0 bridgehead atoms. The summed E-state index contributed by atoms with van der Waals surface area (Å²) in [4.78, 5) is 13.8. The number of hydrogen-bond acceptors (Lipinski definition) is 1. The first-order chi connectivity index (χ1) is 7.68. The predicted molar refractivity (Wildman–Crippen MR) is 60.5 cm³/mol. The molecule has 1 aromatic carbocycles. The lowest BCUT2D eigenvalue weighted by Crippen LogP contribution is -2.34. The van der Waals surface area contributed by atoms with Gasteiger partial charge in [-0.15, -0.1) is 0 Å². The van der Waals surface area contributed by atoms with Crippen LogP contribution in [0.25, 0.3) is 0 Å². The van der Waals surface area contributed by atoms with Gasteiger partial charge in [-0.25, -0.2) is 4.39 Å². The SMILES string of the molecule is CC1CCCN1C(=O)Cc1ccccc1F. The fourth-order valence-corrected chi connectivity index (χ4v) is 2.21. The van der Waals surface area contributed by atoms with Crippen LogP contribution in [0, 0.1) is 5.82 Å². The second kappa shape index (κ2) is 4.64. The van der Waals surface area contributed by atoms with Crippen molar-refractivity contribution in [3.8, 4) is 0 Å². The monoisotopic (exact) mass is 221 g/mol. The summed E-state index contributed by atoms with van der Waals surface area (Å²) < 4.78 is 13.4. The van der Waals surface area contributed by atoms with E-state index in [0.29, 0.717) is 11.6 Å². The maximum atomic E-state index is 13.4. The number of benzene rings is 1. The molecule has 0 aromatic heterocycles. The van der Waals surface area contributed by atoms with Gasteiger partial charge in [0.05, 0.1) is 6.42 Å². The summed E-state index contributed by atoms with van der Waals surface area (Å²) in [5.74, 6) is -0.252. The normalized spacial score (nSPS) is 20.1. The Morgan fingerprint density at radius 1 is 1.50 bits per heavy atom. The van der Waals surface area contributed by atoms with Crippen LogP contribution in [-0.4, -0.2) is 23.4 Å². The highest BCUT2D eigenvalue weighted by Gasteiger charge is 2.25. The molecule has 0 spiro atoms. The summed E-state index contributed by atoms with van der Waals surface area (Å²) in [5, 5.41) is 0. The van der Waals surface area contributed by atoms with E-state index in [2.05, 4.69) is 0 Å². The quantitative estimate of drug-likeness (QED) is 0.750. The smallest absolute Gasteiger partial charge is 0.227 e. The molecule has 1 aliphatic rings. The zero-order valence-corrected chi connectivity index (χ0v) is 9.45. The van der Waals surface area contributed by atoms with E-state index in [4.69, 9.17) is 0 Å². The standard InChI is InChI=1S/C13H16FNO/c1-10-5-4-8-15(10)13(16)9-11-6-2-3-7-12(11)14/h2-3,6-7,10H,4-5,8-9H2,1H3. The van der Waals surface area contributed by atoms with Crippen LogP contribution < -0.4 is 0 Å².